The van der Waals surface area contributed by atoms with Crippen molar-refractivity contribution in [2.75, 3.05) is 26.4 Å². The number of unbranched alkanes of at least 4 members (excludes halogenated alkanes) is 19. The second-order valence-electron chi connectivity index (χ2n) is 18.6. The molecule has 1 saturated carbocycles. The molecular formula is C48H90O16P2. The lowest BCUT2D eigenvalue weighted by atomic mass is 9.89. The molecule has 1 aliphatic rings. The molecule has 0 bridgehead atoms. The van der Waals surface area contributed by atoms with Gasteiger partial charge in [-0.25, -0.2) is 9.13 Å². The van der Waals surface area contributed by atoms with Gasteiger partial charge in [0.05, 0.1) is 44.6 Å². The minimum Gasteiger partial charge on any atom is -0.462 e. The lowest BCUT2D eigenvalue weighted by molar-refractivity contribution is -0.160. The molecule has 0 radical (unpaired) electrons. The lowest BCUT2D eigenvalue weighted by Gasteiger charge is -2.20. The Hall–Kier alpha value is -1.52. The summed E-state index contributed by atoms with van der Waals surface area (Å²) in [7, 11) is -9.81. The van der Waals surface area contributed by atoms with Crippen LogP contribution in [0.2, 0.25) is 0 Å². The average Bonchev–Trinajstić information content (AvgIpc) is 3.53. The fraction of sp³-hybridized carbons (Fsp3) is 0.875. The van der Waals surface area contributed by atoms with Crippen molar-refractivity contribution in [1.29, 1.82) is 0 Å². The van der Waals surface area contributed by atoms with Crippen molar-refractivity contribution >= 4 is 27.6 Å². The minimum absolute atomic E-state index is 0.133. The first-order chi connectivity index (χ1) is 31.4. The summed E-state index contributed by atoms with van der Waals surface area (Å²) in [5.74, 6) is -1.24. The van der Waals surface area contributed by atoms with Crippen LogP contribution in [0, 0.1) is 17.8 Å². The molecule has 0 aromatic carbocycles. The monoisotopic (exact) mass is 985 g/mol. The van der Waals surface area contributed by atoms with Crippen molar-refractivity contribution in [3.05, 3.63) is 24.3 Å². The molecule has 1 rings (SSSR count). The van der Waals surface area contributed by atoms with Gasteiger partial charge in [-0.05, 0) is 31.1 Å². The molecule has 1 fully saturated rings. The van der Waals surface area contributed by atoms with Crippen molar-refractivity contribution in [3.63, 3.8) is 0 Å². The standard InChI is InChI=1S/C48H90O16P2/c1-4-5-22-28-40(49)32-33-44-43(45(51)34-46(44)52)29-25-26-31-48(54)64-42(38-63-66(58,59)62-36-41(50)35-61-65(55,56)57)37-60-47(53)30-24-21-19-17-15-13-11-9-7-6-8-10-12-14-16-18-20-23-27-39(2)3/h25-26,32-33,39-46,49-52H,4-24,27-31,34-38H2,1-3H3,(H,58,59)(H2,55,56,57)/b26-25-,33-32+/t40-,41+,42-,43+,44-,45+,46-/m1/s1. The molecule has 0 saturated heterocycles. The van der Waals surface area contributed by atoms with Gasteiger partial charge >= 0.3 is 27.6 Å². The van der Waals surface area contributed by atoms with Crippen molar-refractivity contribution in [2.24, 2.45) is 17.8 Å². The highest BCUT2D eigenvalue weighted by molar-refractivity contribution is 7.47. The van der Waals surface area contributed by atoms with Gasteiger partial charge < -0.3 is 44.6 Å². The van der Waals surface area contributed by atoms with Crippen LogP contribution >= 0.6 is 15.6 Å². The van der Waals surface area contributed by atoms with Crippen LogP contribution in [0.25, 0.3) is 0 Å². The van der Waals surface area contributed by atoms with Crippen LogP contribution in [0.15, 0.2) is 24.3 Å². The first-order valence-electron chi connectivity index (χ1n) is 25.1. The number of allylic oxidation sites excluding steroid dienone is 1. The highest BCUT2D eigenvalue weighted by Crippen LogP contribution is 2.44. The van der Waals surface area contributed by atoms with E-state index in [1.165, 1.54) is 96.0 Å². The maximum Gasteiger partial charge on any atom is 0.472 e. The molecule has 0 aliphatic heterocycles. The van der Waals surface area contributed by atoms with Gasteiger partial charge in [-0.1, -0.05) is 180 Å². The highest BCUT2D eigenvalue weighted by Gasteiger charge is 2.39. The molecule has 16 nitrogen and oxygen atoms in total. The number of hydrogen-bond donors (Lipinski definition) is 7. The quantitative estimate of drug-likeness (QED) is 0.0130. The van der Waals surface area contributed by atoms with Gasteiger partial charge in [0.1, 0.15) is 12.7 Å². The third kappa shape index (κ3) is 35.6. The van der Waals surface area contributed by atoms with Crippen molar-refractivity contribution < 1.29 is 76.9 Å². The molecule has 1 aliphatic carbocycles. The maximum atomic E-state index is 12.9. The molecule has 0 heterocycles. The number of esters is 2. The van der Waals surface area contributed by atoms with Gasteiger partial charge in [0.15, 0.2) is 6.10 Å². The molecular weight excluding hydrogens is 894 g/mol. The molecule has 0 spiro atoms. The van der Waals surface area contributed by atoms with E-state index in [4.69, 9.17) is 23.8 Å². The molecule has 0 amide bonds. The van der Waals surface area contributed by atoms with E-state index >= 15 is 0 Å². The van der Waals surface area contributed by atoms with Crippen molar-refractivity contribution in [1.82, 2.24) is 0 Å². The lowest BCUT2D eigenvalue weighted by Crippen LogP contribution is -2.29. The predicted octanol–water partition coefficient (Wildman–Crippen LogP) is 9.69. The number of carbonyl (C=O) groups excluding carboxylic acids is 2. The van der Waals surface area contributed by atoms with Crippen LogP contribution in [0.3, 0.4) is 0 Å². The summed E-state index contributed by atoms with van der Waals surface area (Å²) in [5.41, 5.74) is 0. The number of aliphatic hydroxyl groups is 4. The summed E-state index contributed by atoms with van der Waals surface area (Å²) in [5, 5.41) is 41.2. The predicted molar refractivity (Wildman–Crippen MR) is 255 cm³/mol. The topological polar surface area (TPSA) is 256 Å². The maximum absolute atomic E-state index is 12.9. The number of aliphatic hydroxyl groups excluding tert-OH is 4. The summed E-state index contributed by atoms with van der Waals surface area (Å²) >= 11 is 0. The van der Waals surface area contributed by atoms with E-state index in [0.29, 0.717) is 19.3 Å². The zero-order chi connectivity index (χ0) is 49.1. The van der Waals surface area contributed by atoms with E-state index in [-0.39, 0.29) is 25.2 Å². The van der Waals surface area contributed by atoms with Crippen molar-refractivity contribution in [2.45, 2.75) is 225 Å². The van der Waals surface area contributed by atoms with Gasteiger partial charge in [0, 0.05) is 18.8 Å². The van der Waals surface area contributed by atoms with Crippen LogP contribution in [0.1, 0.15) is 194 Å². The number of ether oxygens (including phenoxy) is 2. The van der Waals surface area contributed by atoms with Gasteiger partial charge in [-0.15, -0.1) is 0 Å². The SMILES string of the molecule is CCCCC[C@@H](O)/C=C/[C@@H]1[C@H](C/C=C\CC(=O)O[C@H](COC(=O)CCCCCCCCCCCCCCCCCCCCC(C)C)COP(=O)(O)OC[C@@H](O)COP(=O)(O)O)[C@@H](O)C[C@H]1O. The molecule has 388 valence electrons. The van der Waals surface area contributed by atoms with Crippen molar-refractivity contribution in [3.8, 4) is 0 Å². The molecule has 1 unspecified atom stereocenters. The zero-order valence-corrected chi connectivity index (χ0v) is 42.3. The van der Waals surface area contributed by atoms with Crippen LogP contribution in [-0.4, -0.2) is 104 Å². The van der Waals surface area contributed by atoms with Gasteiger partial charge in [-0.3, -0.25) is 23.2 Å². The summed E-state index contributed by atoms with van der Waals surface area (Å²) in [4.78, 5) is 53.2. The number of rotatable bonds is 43. The summed E-state index contributed by atoms with van der Waals surface area (Å²) < 4.78 is 47.9. The minimum atomic E-state index is -4.91. The fourth-order valence-corrected chi connectivity index (χ4v) is 9.14. The number of phosphoric acid groups is 2. The van der Waals surface area contributed by atoms with Crippen LogP contribution in [0.4, 0.5) is 0 Å². The first-order valence-corrected chi connectivity index (χ1v) is 28.2. The first kappa shape index (κ1) is 62.5. The number of phosphoric ester groups is 2. The number of carbonyl (C=O) groups is 2. The molecule has 7 N–H and O–H groups in total. The highest BCUT2D eigenvalue weighted by atomic mass is 31.2. The second-order valence-corrected chi connectivity index (χ2v) is 21.3. The molecule has 0 aromatic heterocycles. The normalized spacial score (nSPS) is 20.3. The largest absolute Gasteiger partial charge is 0.472 e. The molecule has 66 heavy (non-hydrogen) atoms. The Bertz CT molecular complexity index is 1390. The Morgan fingerprint density at radius 3 is 1.70 bits per heavy atom. The van der Waals surface area contributed by atoms with E-state index in [0.717, 1.165) is 50.9 Å². The third-order valence-corrected chi connectivity index (χ3v) is 13.3. The van der Waals surface area contributed by atoms with E-state index in [1.54, 1.807) is 18.2 Å². The Morgan fingerprint density at radius 1 is 0.636 bits per heavy atom. The fourth-order valence-electron chi connectivity index (χ4n) is 7.98. The van der Waals surface area contributed by atoms with E-state index < -0.39 is 90.4 Å². The summed E-state index contributed by atoms with van der Waals surface area (Å²) in [6.07, 6.45) is 28.7. The molecule has 0 aromatic rings. The molecule has 18 heteroatoms. The second kappa shape index (κ2) is 38.3. The van der Waals surface area contributed by atoms with E-state index in [1.807, 2.05) is 0 Å². The molecule has 8 atom stereocenters. The summed E-state index contributed by atoms with van der Waals surface area (Å²) in [6, 6.07) is 0. The summed E-state index contributed by atoms with van der Waals surface area (Å²) in [6.45, 7) is 3.66. The number of hydrogen-bond acceptors (Lipinski definition) is 13. The zero-order valence-electron chi connectivity index (χ0n) is 40.5. The van der Waals surface area contributed by atoms with Gasteiger partial charge in [-0.2, -0.15) is 0 Å². The van der Waals surface area contributed by atoms with Crippen LogP contribution < -0.4 is 0 Å². The van der Waals surface area contributed by atoms with Crippen LogP contribution in [0.5, 0.6) is 0 Å². The Kier molecular flexibility index (Phi) is 36.2. The third-order valence-electron chi connectivity index (χ3n) is 11.9. The van der Waals surface area contributed by atoms with E-state index in [2.05, 4.69) is 29.8 Å². The Balaban J connectivity index is 2.49. The smallest absolute Gasteiger partial charge is 0.462 e. The van der Waals surface area contributed by atoms with Gasteiger partial charge in [0.2, 0.25) is 0 Å². The Labute approximate surface area is 396 Å². The van der Waals surface area contributed by atoms with Gasteiger partial charge in [0.25, 0.3) is 0 Å². The van der Waals surface area contributed by atoms with E-state index in [9.17, 15) is 44.0 Å². The van der Waals surface area contributed by atoms with Crippen LogP contribution in [-0.2, 0) is 41.8 Å². The Morgan fingerprint density at radius 2 is 1.15 bits per heavy atom. The average molecular weight is 985 g/mol.